The van der Waals surface area contributed by atoms with Crippen molar-refractivity contribution in [1.29, 1.82) is 0 Å². The minimum atomic E-state index is 0.412. The van der Waals surface area contributed by atoms with Gasteiger partial charge in [-0.3, -0.25) is 0 Å². The van der Waals surface area contributed by atoms with Crippen LogP contribution in [0.25, 0.3) is 0 Å². The molecular weight excluding hydrogens is 180 g/mol. The third-order valence-corrected chi connectivity index (χ3v) is 3.16. The Balaban J connectivity index is 3.74. The fourth-order valence-electron chi connectivity index (χ4n) is 2.14. The van der Waals surface area contributed by atoms with Crippen LogP contribution in [0.15, 0.2) is 25.3 Å². The van der Waals surface area contributed by atoms with Gasteiger partial charge >= 0.3 is 0 Å². The summed E-state index contributed by atoms with van der Waals surface area (Å²) in [5.74, 6) is 0. The minimum absolute atomic E-state index is 0.412. The molecule has 0 unspecified atom stereocenters. The lowest BCUT2D eigenvalue weighted by molar-refractivity contribution is 0.291. The molecule has 88 valence electrons. The first-order chi connectivity index (χ1) is 7.18. The highest BCUT2D eigenvalue weighted by molar-refractivity contribution is 4.88. The van der Waals surface area contributed by atoms with Crippen LogP contribution in [-0.4, -0.2) is 0 Å². The van der Waals surface area contributed by atoms with E-state index in [1.54, 1.807) is 0 Å². The smallest absolute Gasteiger partial charge is 0.0257 e. The number of hydrogen-bond acceptors (Lipinski definition) is 0. The molecule has 0 saturated carbocycles. The number of unbranched alkanes of at least 4 members (excludes halogenated alkanes) is 4. The summed E-state index contributed by atoms with van der Waals surface area (Å²) in [4.78, 5) is 0. The SMILES string of the molecule is C=CCC(C)(CC=C)CCCCCCC. The van der Waals surface area contributed by atoms with E-state index in [0.717, 1.165) is 12.8 Å². The van der Waals surface area contributed by atoms with Gasteiger partial charge in [0.25, 0.3) is 0 Å². The van der Waals surface area contributed by atoms with Gasteiger partial charge in [0.15, 0.2) is 0 Å². The normalized spacial score (nSPS) is 11.3. The molecule has 0 radical (unpaired) electrons. The van der Waals surface area contributed by atoms with E-state index in [0.29, 0.717) is 5.41 Å². The molecule has 0 bridgehead atoms. The van der Waals surface area contributed by atoms with Crippen LogP contribution in [0.2, 0.25) is 0 Å². The molecule has 0 atom stereocenters. The molecule has 0 nitrogen and oxygen atoms in total. The Morgan fingerprint density at radius 1 is 0.933 bits per heavy atom. The largest absolute Gasteiger partial charge is 0.103 e. The minimum Gasteiger partial charge on any atom is -0.103 e. The van der Waals surface area contributed by atoms with Gasteiger partial charge in [0.2, 0.25) is 0 Å². The molecule has 0 aromatic rings. The van der Waals surface area contributed by atoms with Gasteiger partial charge < -0.3 is 0 Å². The Kier molecular flexibility index (Phi) is 8.46. The molecular formula is C15H28. The lowest BCUT2D eigenvalue weighted by Crippen LogP contribution is -2.14. The average molecular weight is 208 g/mol. The van der Waals surface area contributed by atoms with Crippen LogP contribution in [0, 0.1) is 5.41 Å². The van der Waals surface area contributed by atoms with Crippen molar-refractivity contribution in [2.45, 2.75) is 65.2 Å². The summed E-state index contributed by atoms with van der Waals surface area (Å²) in [6.07, 6.45) is 14.5. The fraction of sp³-hybridized carbons (Fsp3) is 0.733. The van der Waals surface area contributed by atoms with Gasteiger partial charge in [-0.1, -0.05) is 58.1 Å². The molecule has 0 fully saturated rings. The van der Waals surface area contributed by atoms with Crippen LogP contribution in [0.4, 0.5) is 0 Å². The maximum Gasteiger partial charge on any atom is -0.0257 e. The molecule has 0 aromatic heterocycles. The fourth-order valence-corrected chi connectivity index (χ4v) is 2.14. The molecule has 0 aromatic carbocycles. The first-order valence-electron chi connectivity index (χ1n) is 6.40. The van der Waals surface area contributed by atoms with Gasteiger partial charge in [0, 0.05) is 0 Å². The van der Waals surface area contributed by atoms with Gasteiger partial charge in [-0.25, -0.2) is 0 Å². The van der Waals surface area contributed by atoms with E-state index in [-0.39, 0.29) is 0 Å². The molecule has 0 aliphatic rings. The third kappa shape index (κ3) is 7.41. The molecule has 0 saturated heterocycles. The first-order valence-corrected chi connectivity index (χ1v) is 6.40. The summed E-state index contributed by atoms with van der Waals surface area (Å²) in [6.45, 7) is 12.3. The summed E-state index contributed by atoms with van der Waals surface area (Å²) >= 11 is 0. The van der Waals surface area contributed by atoms with E-state index in [2.05, 4.69) is 39.2 Å². The predicted molar refractivity (Wildman–Crippen MR) is 71.1 cm³/mol. The Bertz CT molecular complexity index is 157. The maximum atomic E-state index is 3.85. The second-order valence-electron chi connectivity index (χ2n) is 4.96. The second-order valence-corrected chi connectivity index (χ2v) is 4.96. The lowest BCUT2D eigenvalue weighted by atomic mass is 9.78. The second kappa shape index (κ2) is 8.76. The standard InChI is InChI=1S/C15H28/c1-5-8-9-10-11-14-15(4,12-6-2)13-7-3/h6-7H,2-3,5,8-14H2,1,4H3. The van der Waals surface area contributed by atoms with Crippen LogP contribution in [-0.2, 0) is 0 Å². The molecule has 0 spiro atoms. The average Bonchev–Trinajstić information content (AvgIpc) is 2.18. The van der Waals surface area contributed by atoms with Crippen molar-refractivity contribution in [3.63, 3.8) is 0 Å². The van der Waals surface area contributed by atoms with Crippen LogP contribution < -0.4 is 0 Å². The number of allylic oxidation sites excluding steroid dienone is 2. The van der Waals surface area contributed by atoms with E-state index in [1.807, 2.05) is 0 Å². The number of hydrogen-bond donors (Lipinski definition) is 0. The Labute approximate surface area is 96.5 Å². The van der Waals surface area contributed by atoms with Gasteiger partial charge in [-0.2, -0.15) is 0 Å². The van der Waals surface area contributed by atoms with Crippen LogP contribution >= 0.6 is 0 Å². The van der Waals surface area contributed by atoms with Crippen molar-refractivity contribution in [2.75, 3.05) is 0 Å². The Morgan fingerprint density at radius 3 is 1.93 bits per heavy atom. The van der Waals surface area contributed by atoms with Crippen molar-refractivity contribution in [2.24, 2.45) is 5.41 Å². The summed E-state index contributed by atoms with van der Waals surface area (Å²) in [7, 11) is 0. The zero-order valence-electron chi connectivity index (χ0n) is 10.7. The van der Waals surface area contributed by atoms with E-state index in [1.165, 1.54) is 38.5 Å². The molecule has 0 aliphatic heterocycles. The monoisotopic (exact) mass is 208 g/mol. The number of rotatable bonds is 10. The van der Waals surface area contributed by atoms with E-state index >= 15 is 0 Å². The summed E-state index contributed by atoms with van der Waals surface area (Å²) in [6, 6.07) is 0. The molecule has 0 aliphatic carbocycles. The van der Waals surface area contributed by atoms with Gasteiger partial charge in [0.05, 0.1) is 0 Å². The van der Waals surface area contributed by atoms with Gasteiger partial charge in [-0.15, -0.1) is 13.2 Å². The third-order valence-electron chi connectivity index (χ3n) is 3.16. The summed E-state index contributed by atoms with van der Waals surface area (Å²) in [5.41, 5.74) is 0.412. The Hall–Kier alpha value is -0.520. The van der Waals surface area contributed by atoms with E-state index < -0.39 is 0 Å². The van der Waals surface area contributed by atoms with Crippen molar-refractivity contribution in [3.05, 3.63) is 25.3 Å². The molecule has 0 amide bonds. The summed E-state index contributed by atoms with van der Waals surface area (Å²) in [5, 5.41) is 0. The quantitative estimate of drug-likeness (QED) is 0.328. The van der Waals surface area contributed by atoms with Gasteiger partial charge in [-0.05, 0) is 24.7 Å². The molecule has 0 rings (SSSR count). The summed E-state index contributed by atoms with van der Waals surface area (Å²) < 4.78 is 0. The first kappa shape index (κ1) is 14.5. The lowest BCUT2D eigenvalue weighted by Gasteiger charge is -2.27. The molecule has 0 heteroatoms. The van der Waals surface area contributed by atoms with Crippen LogP contribution in [0.3, 0.4) is 0 Å². The topological polar surface area (TPSA) is 0 Å². The highest BCUT2D eigenvalue weighted by Gasteiger charge is 2.19. The van der Waals surface area contributed by atoms with Crippen molar-refractivity contribution in [3.8, 4) is 0 Å². The highest BCUT2D eigenvalue weighted by atomic mass is 14.2. The van der Waals surface area contributed by atoms with Crippen LogP contribution in [0.5, 0.6) is 0 Å². The highest BCUT2D eigenvalue weighted by Crippen LogP contribution is 2.33. The van der Waals surface area contributed by atoms with E-state index in [4.69, 9.17) is 0 Å². The van der Waals surface area contributed by atoms with E-state index in [9.17, 15) is 0 Å². The zero-order valence-corrected chi connectivity index (χ0v) is 10.7. The van der Waals surface area contributed by atoms with Crippen molar-refractivity contribution in [1.82, 2.24) is 0 Å². The van der Waals surface area contributed by atoms with Crippen molar-refractivity contribution >= 4 is 0 Å². The van der Waals surface area contributed by atoms with Crippen molar-refractivity contribution < 1.29 is 0 Å². The van der Waals surface area contributed by atoms with Gasteiger partial charge in [0.1, 0.15) is 0 Å². The Morgan fingerprint density at radius 2 is 1.47 bits per heavy atom. The maximum absolute atomic E-state index is 3.85. The molecule has 0 N–H and O–H groups in total. The zero-order chi connectivity index (χ0) is 11.6. The van der Waals surface area contributed by atoms with Crippen LogP contribution in [0.1, 0.15) is 65.2 Å². The molecule has 0 heterocycles. The molecule has 15 heavy (non-hydrogen) atoms. The predicted octanol–water partition coefficient (Wildman–Crippen LogP) is 5.51.